The number of aliphatic carboxylic acids is 1. The van der Waals surface area contributed by atoms with Crippen molar-refractivity contribution in [3.8, 4) is 11.1 Å². The topological polar surface area (TPSA) is 125 Å². The van der Waals surface area contributed by atoms with E-state index in [1.54, 1.807) is 0 Å². The summed E-state index contributed by atoms with van der Waals surface area (Å²) in [5.41, 5.74) is 4.59. The molecule has 0 unspecified atom stereocenters. The van der Waals surface area contributed by atoms with Gasteiger partial charge in [0.1, 0.15) is 12.6 Å². The van der Waals surface area contributed by atoms with Gasteiger partial charge in [0, 0.05) is 18.4 Å². The predicted molar refractivity (Wildman–Crippen MR) is 125 cm³/mol. The minimum atomic E-state index is -1.33. The molecule has 0 aromatic heterocycles. The molecule has 2 aromatic carbocycles. The average molecular weight is 467 g/mol. The average Bonchev–Trinajstić information content (AvgIpc) is 3.18. The molecule has 3 atom stereocenters. The van der Waals surface area contributed by atoms with E-state index in [-0.39, 0.29) is 25.0 Å². The summed E-state index contributed by atoms with van der Waals surface area (Å²) in [6.45, 7) is -0.187. The zero-order chi connectivity index (χ0) is 24.1. The summed E-state index contributed by atoms with van der Waals surface area (Å²) in [4.78, 5) is 36.3. The van der Waals surface area contributed by atoms with E-state index in [2.05, 4.69) is 34.9 Å². The second kappa shape index (κ2) is 10.7. The number of aliphatic hydroxyl groups is 1. The highest BCUT2D eigenvalue weighted by Crippen LogP contribution is 2.44. The molecular formula is C26H30N2O6. The van der Waals surface area contributed by atoms with E-state index in [1.807, 2.05) is 24.3 Å². The van der Waals surface area contributed by atoms with Crippen LogP contribution < -0.4 is 10.6 Å². The van der Waals surface area contributed by atoms with Crippen LogP contribution in [0.1, 0.15) is 42.7 Å². The first-order chi connectivity index (χ1) is 16.5. The zero-order valence-electron chi connectivity index (χ0n) is 18.9. The maximum Gasteiger partial charge on any atom is 0.407 e. The molecule has 2 aliphatic carbocycles. The first-order valence-corrected chi connectivity index (χ1v) is 11.7. The molecule has 0 spiro atoms. The molecule has 1 saturated carbocycles. The predicted octanol–water partition coefficient (Wildman–Crippen LogP) is 2.89. The number of carbonyl (C=O) groups is 3. The largest absolute Gasteiger partial charge is 0.480 e. The number of ether oxygens (including phenoxy) is 1. The summed E-state index contributed by atoms with van der Waals surface area (Å²) in [7, 11) is 0. The van der Waals surface area contributed by atoms with Gasteiger partial charge in [0.15, 0.2) is 0 Å². The van der Waals surface area contributed by atoms with Gasteiger partial charge in [0.2, 0.25) is 5.91 Å². The van der Waals surface area contributed by atoms with Crippen molar-refractivity contribution >= 4 is 18.0 Å². The van der Waals surface area contributed by atoms with Gasteiger partial charge in [-0.1, -0.05) is 61.4 Å². The fraction of sp³-hybridized carbons (Fsp3) is 0.423. The van der Waals surface area contributed by atoms with E-state index in [4.69, 9.17) is 9.84 Å². The van der Waals surface area contributed by atoms with Crippen molar-refractivity contribution in [3.05, 3.63) is 59.7 Å². The molecule has 180 valence electrons. The molecule has 0 aliphatic heterocycles. The van der Waals surface area contributed by atoms with Crippen LogP contribution in [0, 0.1) is 11.8 Å². The molecule has 0 radical (unpaired) electrons. The zero-order valence-corrected chi connectivity index (χ0v) is 18.9. The molecule has 0 heterocycles. The van der Waals surface area contributed by atoms with E-state index in [0.717, 1.165) is 41.5 Å². The molecule has 0 saturated heterocycles. The minimum Gasteiger partial charge on any atom is -0.480 e. The van der Waals surface area contributed by atoms with Crippen LogP contribution in [0.3, 0.4) is 0 Å². The molecule has 2 amide bonds. The number of carbonyl (C=O) groups excluding carboxylic acids is 2. The SMILES string of the molecule is O=C(NC[C@H]1CCCC[C@H]1C(=O)N[C@H](CO)C(=O)O)OCC1c2ccccc2-c2ccccc21. The third kappa shape index (κ3) is 5.07. The third-order valence-electron chi connectivity index (χ3n) is 6.90. The van der Waals surface area contributed by atoms with Gasteiger partial charge >= 0.3 is 12.1 Å². The lowest BCUT2D eigenvalue weighted by atomic mass is 9.78. The van der Waals surface area contributed by atoms with Gasteiger partial charge in [0.05, 0.1) is 6.61 Å². The van der Waals surface area contributed by atoms with Crippen molar-refractivity contribution in [1.82, 2.24) is 10.6 Å². The number of alkyl carbamates (subject to hydrolysis) is 1. The van der Waals surface area contributed by atoms with Crippen LogP contribution in [0.4, 0.5) is 4.79 Å². The quantitative estimate of drug-likeness (QED) is 0.474. The van der Waals surface area contributed by atoms with Crippen molar-refractivity contribution in [1.29, 1.82) is 0 Å². The Morgan fingerprint density at radius 2 is 1.59 bits per heavy atom. The minimum absolute atomic E-state index is 0.0298. The van der Waals surface area contributed by atoms with Crippen molar-refractivity contribution in [2.45, 2.75) is 37.6 Å². The molecule has 34 heavy (non-hydrogen) atoms. The number of aliphatic hydroxyl groups excluding tert-OH is 1. The highest BCUT2D eigenvalue weighted by molar-refractivity contribution is 5.85. The molecule has 8 heteroatoms. The Morgan fingerprint density at radius 1 is 0.971 bits per heavy atom. The number of hydrogen-bond donors (Lipinski definition) is 4. The standard InChI is InChI=1S/C26H30N2O6/c29-14-23(25(31)32)28-24(30)17-8-2-1-7-16(17)13-27-26(33)34-15-22-20-11-5-3-9-18(20)19-10-4-6-12-21(19)22/h3-6,9-12,16-17,22-23,29H,1-2,7-8,13-15H2,(H,27,33)(H,28,30)(H,31,32)/t16-,17-,23-/m1/s1. The molecule has 1 fully saturated rings. The number of rotatable bonds is 8. The van der Waals surface area contributed by atoms with Crippen LogP contribution >= 0.6 is 0 Å². The third-order valence-corrected chi connectivity index (χ3v) is 6.90. The van der Waals surface area contributed by atoms with Crippen LogP contribution in [0.25, 0.3) is 11.1 Å². The van der Waals surface area contributed by atoms with Gasteiger partial charge in [-0.25, -0.2) is 9.59 Å². The van der Waals surface area contributed by atoms with Gasteiger partial charge in [-0.2, -0.15) is 0 Å². The van der Waals surface area contributed by atoms with Gasteiger partial charge in [0.25, 0.3) is 0 Å². The number of carboxylic acid groups (broad SMARTS) is 1. The monoisotopic (exact) mass is 466 g/mol. The normalized spacial score (nSPS) is 20.0. The second-order valence-electron chi connectivity index (χ2n) is 8.94. The van der Waals surface area contributed by atoms with E-state index in [9.17, 15) is 19.5 Å². The summed E-state index contributed by atoms with van der Waals surface area (Å²) in [6, 6.07) is 14.9. The van der Waals surface area contributed by atoms with Crippen molar-refractivity contribution < 1.29 is 29.3 Å². The van der Waals surface area contributed by atoms with Gasteiger partial charge in [-0.05, 0) is 41.0 Å². The van der Waals surface area contributed by atoms with Crippen LogP contribution in [0.5, 0.6) is 0 Å². The van der Waals surface area contributed by atoms with E-state index >= 15 is 0 Å². The number of carboxylic acids is 1. The number of benzene rings is 2. The Bertz CT molecular complexity index is 1010. The summed E-state index contributed by atoms with van der Waals surface area (Å²) >= 11 is 0. The van der Waals surface area contributed by atoms with Crippen LogP contribution in [-0.2, 0) is 14.3 Å². The fourth-order valence-electron chi connectivity index (χ4n) is 5.13. The molecule has 2 aliphatic rings. The van der Waals surface area contributed by atoms with E-state index in [0.29, 0.717) is 6.42 Å². The van der Waals surface area contributed by atoms with Crippen molar-refractivity contribution in [2.75, 3.05) is 19.8 Å². The number of fused-ring (bicyclic) bond motifs is 3. The highest BCUT2D eigenvalue weighted by atomic mass is 16.5. The fourth-order valence-corrected chi connectivity index (χ4v) is 5.13. The molecular weight excluding hydrogens is 436 g/mol. The second-order valence-corrected chi connectivity index (χ2v) is 8.94. The van der Waals surface area contributed by atoms with Crippen molar-refractivity contribution in [2.24, 2.45) is 11.8 Å². The highest BCUT2D eigenvalue weighted by Gasteiger charge is 2.34. The summed E-state index contributed by atoms with van der Waals surface area (Å²) in [5.74, 6) is -2.25. The van der Waals surface area contributed by atoms with Crippen molar-refractivity contribution in [3.63, 3.8) is 0 Å². The summed E-state index contributed by atoms with van der Waals surface area (Å²) in [5, 5.41) is 23.5. The number of amides is 2. The van der Waals surface area contributed by atoms with E-state index in [1.165, 1.54) is 0 Å². The smallest absolute Gasteiger partial charge is 0.407 e. The van der Waals surface area contributed by atoms with E-state index < -0.39 is 36.5 Å². The summed E-state index contributed by atoms with van der Waals surface area (Å²) in [6.07, 6.45) is 2.61. The lowest BCUT2D eigenvalue weighted by molar-refractivity contribution is -0.144. The first-order valence-electron chi connectivity index (χ1n) is 11.7. The number of nitrogens with one attached hydrogen (secondary N) is 2. The molecule has 4 rings (SSSR count). The number of hydrogen-bond acceptors (Lipinski definition) is 5. The summed E-state index contributed by atoms with van der Waals surface area (Å²) < 4.78 is 5.58. The van der Waals surface area contributed by atoms with Gasteiger partial charge in [-0.3, -0.25) is 4.79 Å². The maximum atomic E-state index is 12.6. The Balaban J connectivity index is 1.33. The Morgan fingerprint density at radius 3 is 2.21 bits per heavy atom. The maximum absolute atomic E-state index is 12.6. The lowest BCUT2D eigenvalue weighted by Gasteiger charge is -2.31. The first kappa shape index (κ1) is 23.8. The van der Waals surface area contributed by atoms with Gasteiger partial charge in [-0.15, -0.1) is 0 Å². The Kier molecular flexibility index (Phi) is 7.47. The van der Waals surface area contributed by atoms with Crippen LogP contribution in [0.2, 0.25) is 0 Å². The Hall–Kier alpha value is -3.39. The molecule has 2 aromatic rings. The Labute approximate surface area is 198 Å². The molecule has 0 bridgehead atoms. The molecule has 8 nitrogen and oxygen atoms in total. The van der Waals surface area contributed by atoms with Crippen LogP contribution in [-0.4, -0.2) is 54.0 Å². The van der Waals surface area contributed by atoms with Gasteiger partial charge < -0.3 is 25.6 Å². The van der Waals surface area contributed by atoms with Crippen LogP contribution in [0.15, 0.2) is 48.5 Å². The lowest BCUT2D eigenvalue weighted by Crippen LogP contribution is -2.49. The molecule has 4 N–H and O–H groups in total.